The molecule has 0 radical (unpaired) electrons. The van der Waals surface area contributed by atoms with Crippen molar-refractivity contribution in [2.45, 2.75) is 19.9 Å². The molecular weight excluding hydrogens is 228 g/mol. The van der Waals surface area contributed by atoms with Crippen molar-refractivity contribution in [2.24, 2.45) is 0 Å². The van der Waals surface area contributed by atoms with Gasteiger partial charge >= 0.3 is 5.97 Å². The number of aromatic carboxylic acids is 1. The SMILES string of the molecule is Cc1cc(C(=O)O)ccc1N1CCN(C)CC1C. The van der Waals surface area contributed by atoms with Gasteiger partial charge < -0.3 is 14.9 Å². The predicted molar refractivity (Wildman–Crippen MR) is 72.4 cm³/mol. The van der Waals surface area contributed by atoms with Crippen molar-refractivity contribution in [1.82, 2.24) is 4.90 Å². The van der Waals surface area contributed by atoms with Crippen molar-refractivity contribution in [3.8, 4) is 0 Å². The quantitative estimate of drug-likeness (QED) is 0.867. The average Bonchev–Trinajstić information content (AvgIpc) is 2.30. The minimum absolute atomic E-state index is 0.359. The fourth-order valence-electron chi connectivity index (χ4n) is 2.61. The number of anilines is 1. The summed E-state index contributed by atoms with van der Waals surface area (Å²) in [5.41, 5.74) is 2.55. The Bertz CT molecular complexity index is 459. The third-order valence-corrected chi connectivity index (χ3v) is 3.58. The standard InChI is InChI=1S/C14H20N2O2/c1-10-8-12(14(17)18)4-5-13(10)16-7-6-15(3)9-11(16)2/h4-5,8,11H,6-7,9H2,1-3H3,(H,17,18). The zero-order valence-electron chi connectivity index (χ0n) is 11.2. The van der Waals surface area contributed by atoms with Crippen LogP contribution < -0.4 is 4.90 Å². The van der Waals surface area contributed by atoms with Crippen LogP contribution in [0.5, 0.6) is 0 Å². The Morgan fingerprint density at radius 1 is 1.39 bits per heavy atom. The largest absolute Gasteiger partial charge is 0.478 e. The van der Waals surface area contributed by atoms with Crippen LogP contribution in [0.4, 0.5) is 5.69 Å². The van der Waals surface area contributed by atoms with Crippen molar-refractivity contribution < 1.29 is 9.90 Å². The van der Waals surface area contributed by atoms with E-state index in [0.29, 0.717) is 11.6 Å². The summed E-state index contributed by atoms with van der Waals surface area (Å²) in [6, 6.07) is 5.83. The number of likely N-dealkylation sites (N-methyl/N-ethyl adjacent to an activating group) is 1. The molecule has 4 nitrogen and oxygen atoms in total. The number of benzene rings is 1. The van der Waals surface area contributed by atoms with E-state index in [1.165, 1.54) is 0 Å². The van der Waals surface area contributed by atoms with Crippen molar-refractivity contribution in [3.63, 3.8) is 0 Å². The number of nitrogens with zero attached hydrogens (tertiary/aromatic N) is 2. The number of carboxylic acids is 1. The van der Waals surface area contributed by atoms with E-state index >= 15 is 0 Å². The average molecular weight is 248 g/mol. The first-order valence-electron chi connectivity index (χ1n) is 6.28. The molecule has 1 unspecified atom stereocenters. The fourth-order valence-corrected chi connectivity index (χ4v) is 2.61. The van der Waals surface area contributed by atoms with Gasteiger partial charge in [-0.15, -0.1) is 0 Å². The highest BCUT2D eigenvalue weighted by molar-refractivity contribution is 5.88. The molecule has 1 N–H and O–H groups in total. The first-order valence-corrected chi connectivity index (χ1v) is 6.28. The Kier molecular flexibility index (Phi) is 3.57. The summed E-state index contributed by atoms with van der Waals surface area (Å²) in [6.45, 7) is 7.27. The van der Waals surface area contributed by atoms with Crippen LogP contribution in [0.25, 0.3) is 0 Å². The Morgan fingerprint density at radius 3 is 2.67 bits per heavy atom. The molecule has 0 aliphatic carbocycles. The van der Waals surface area contributed by atoms with Gasteiger partial charge in [0.15, 0.2) is 0 Å². The molecule has 4 heteroatoms. The minimum atomic E-state index is -0.865. The van der Waals surface area contributed by atoms with Crippen molar-refractivity contribution in [2.75, 3.05) is 31.6 Å². The van der Waals surface area contributed by atoms with E-state index in [-0.39, 0.29) is 0 Å². The smallest absolute Gasteiger partial charge is 0.335 e. The van der Waals surface area contributed by atoms with Crippen molar-refractivity contribution >= 4 is 11.7 Å². The maximum absolute atomic E-state index is 10.9. The van der Waals surface area contributed by atoms with Crippen LogP contribution >= 0.6 is 0 Å². The molecule has 0 aromatic heterocycles. The molecule has 0 amide bonds. The number of carbonyl (C=O) groups is 1. The van der Waals surface area contributed by atoms with Crippen LogP contribution in [-0.2, 0) is 0 Å². The maximum Gasteiger partial charge on any atom is 0.335 e. The zero-order chi connectivity index (χ0) is 13.3. The zero-order valence-corrected chi connectivity index (χ0v) is 11.2. The number of piperazine rings is 1. The first kappa shape index (κ1) is 12.9. The third kappa shape index (κ3) is 2.48. The van der Waals surface area contributed by atoms with E-state index in [4.69, 9.17) is 5.11 Å². The van der Waals surface area contributed by atoms with Crippen LogP contribution in [-0.4, -0.2) is 48.7 Å². The molecule has 1 aromatic carbocycles. The molecular formula is C14H20N2O2. The van der Waals surface area contributed by atoms with Gasteiger partial charge in [0.1, 0.15) is 0 Å². The van der Waals surface area contributed by atoms with Crippen LogP contribution in [0.15, 0.2) is 18.2 Å². The monoisotopic (exact) mass is 248 g/mol. The molecule has 1 aromatic rings. The second-order valence-corrected chi connectivity index (χ2v) is 5.11. The predicted octanol–water partition coefficient (Wildman–Crippen LogP) is 1.83. The van der Waals surface area contributed by atoms with Crippen LogP contribution in [0, 0.1) is 6.92 Å². The van der Waals surface area contributed by atoms with Gasteiger partial charge in [0.2, 0.25) is 0 Å². The first-order chi connectivity index (χ1) is 8.49. The molecule has 1 atom stereocenters. The molecule has 1 fully saturated rings. The van der Waals surface area contributed by atoms with E-state index in [0.717, 1.165) is 30.9 Å². The van der Waals surface area contributed by atoms with Crippen molar-refractivity contribution in [1.29, 1.82) is 0 Å². The van der Waals surface area contributed by atoms with Gasteiger partial charge in [-0.2, -0.15) is 0 Å². The van der Waals surface area contributed by atoms with E-state index in [1.807, 2.05) is 13.0 Å². The number of carboxylic acid groups (broad SMARTS) is 1. The molecule has 18 heavy (non-hydrogen) atoms. The highest BCUT2D eigenvalue weighted by Gasteiger charge is 2.23. The summed E-state index contributed by atoms with van der Waals surface area (Å²) >= 11 is 0. The molecule has 1 heterocycles. The van der Waals surface area contributed by atoms with Crippen LogP contribution in [0.2, 0.25) is 0 Å². The molecule has 0 saturated carbocycles. The summed E-state index contributed by atoms with van der Waals surface area (Å²) in [5, 5.41) is 8.98. The lowest BCUT2D eigenvalue weighted by molar-refractivity contribution is 0.0697. The number of aryl methyl sites for hydroxylation is 1. The highest BCUT2D eigenvalue weighted by Crippen LogP contribution is 2.25. The summed E-state index contributed by atoms with van der Waals surface area (Å²) in [6.07, 6.45) is 0. The molecule has 1 saturated heterocycles. The maximum atomic E-state index is 10.9. The van der Waals surface area contributed by atoms with Gasteiger partial charge in [0.05, 0.1) is 5.56 Å². The van der Waals surface area contributed by atoms with E-state index in [2.05, 4.69) is 23.8 Å². The Labute approximate surface area is 108 Å². The molecule has 0 spiro atoms. The van der Waals surface area contributed by atoms with Gasteiger partial charge in [-0.1, -0.05) is 0 Å². The van der Waals surface area contributed by atoms with E-state index in [1.54, 1.807) is 12.1 Å². The van der Waals surface area contributed by atoms with Gasteiger partial charge in [-0.3, -0.25) is 0 Å². The second-order valence-electron chi connectivity index (χ2n) is 5.11. The van der Waals surface area contributed by atoms with Gasteiger partial charge in [-0.05, 0) is 44.7 Å². The lowest BCUT2D eigenvalue weighted by Crippen LogP contribution is -2.50. The lowest BCUT2D eigenvalue weighted by atomic mass is 10.1. The van der Waals surface area contributed by atoms with E-state index < -0.39 is 5.97 Å². The summed E-state index contributed by atoms with van der Waals surface area (Å²) in [5.74, 6) is -0.865. The van der Waals surface area contributed by atoms with Crippen molar-refractivity contribution in [3.05, 3.63) is 29.3 Å². The molecule has 0 bridgehead atoms. The molecule has 1 aliphatic rings. The lowest BCUT2D eigenvalue weighted by Gasteiger charge is -2.40. The summed E-state index contributed by atoms with van der Waals surface area (Å²) in [7, 11) is 2.13. The van der Waals surface area contributed by atoms with Crippen LogP contribution in [0.1, 0.15) is 22.8 Å². The Hall–Kier alpha value is -1.55. The Morgan fingerprint density at radius 2 is 2.11 bits per heavy atom. The normalized spacial score (nSPS) is 21.1. The highest BCUT2D eigenvalue weighted by atomic mass is 16.4. The fraction of sp³-hybridized carbons (Fsp3) is 0.500. The van der Waals surface area contributed by atoms with Gasteiger partial charge in [-0.25, -0.2) is 4.79 Å². The Balaban J connectivity index is 2.26. The van der Waals surface area contributed by atoms with Crippen LogP contribution in [0.3, 0.4) is 0 Å². The van der Waals surface area contributed by atoms with Gasteiger partial charge in [0.25, 0.3) is 0 Å². The second kappa shape index (κ2) is 4.98. The number of hydrogen-bond donors (Lipinski definition) is 1. The van der Waals surface area contributed by atoms with E-state index in [9.17, 15) is 4.79 Å². The molecule has 2 rings (SSSR count). The minimum Gasteiger partial charge on any atom is -0.478 e. The number of rotatable bonds is 2. The molecule has 1 aliphatic heterocycles. The number of hydrogen-bond acceptors (Lipinski definition) is 3. The summed E-state index contributed by atoms with van der Waals surface area (Å²) in [4.78, 5) is 15.6. The topological polar surface area (TPSA) is 43.8 Å². The third-order valence-electron chi connectivity index (χ3n) is 3.58. The van der Waals surface area contributed by atoms with Gasteiger partial charge in [0, 0.05) is 31.4 Å². The summed E-state index contributed by atoms with van der Waals surface area (Å²) < 4.78 is 0. The molecule has 98 valence electrons.